The van der Waals surface area contributed by atoms with E-state index in [0.29, 0.717) is 0 Å². The molecular formula is C7H9F3N2O. The lowest BCUT2D eigenvalue weighted by molar-refractivity contribution is -0.142. The molecule has 0 spiro atoms. The van der Waals surface area contributed by atoms with Gasteiger partial charge in [0, 0.05) is 12.6 Å². The van der Waals surface area contributed by atoms with E-state index in [9.17, 15) is 18.3 Å². The average molecular weight is 194 g/mol. The zero-order valence-corrected chi connectivity index (χ0v) is 7.18. The summed E-state index contributed by atoms with van der Waals surface area (Å²) in [6.45, 7) is 1.53. The van der Waals surface area contributed by atoms with Crippen molar-refractivity contribution in [1.82, 2.24) is 9.78 Å². The molecule has 1 aromatic heterocycles. The van der Waals surface area contributed by atoms with E-state index in [4.69, 9.17) is 0 Å². The molecule has 1 heterocycles. The van der Waals surface area contributed by atoms with Crippen LogP contribution in [0.4, 0.5) is 13.2 Å². The maximum absolute atomic E-state index is 12.2. The zero-order valence-electron chi connectivity index (χ0n) is 7.18. The van der Waals surface area contributed by atoms with Crippen LogP contribution in [-0.2, 0) is 19.6 Å². The molecule has 0 fully saturated rings. The molecule has 0 saturated heterocycles. The standard InChI is InChI=1S/C7H9F3N2O/c1-3-4-5(7(8,9)10)11-12(2)6(4)13/h13H,3H2,1-2H3. The normalized spacial score (nSPS) is 12.1. The first-order valence-electron chi connectivity index (χ1n) is 3.70. The summed E-state index contributed by atoms with van der Waals surface area (Å²) in [6.07, 6.45) is -4.39. The maximum atomic E-state index is 12.2. The van der Waals surface area contributed by atoms with Gasteiger partial charge in [-0.05, 0) is 6.42 Å². The molecule has 0 saturated carbocycles. The Morgan fingerprint density at radius 2 is 2.00 bits per heavy atom. The maximum Gasteiger partial charge on any atom is 0.435 e. The van der Waals surface area contributed by atoms with Crippen LogP contribution in [0.25, 0.3) is 0 Å². The second-order valence-electron chi connectivity index (χ2n) is 2.63. The molecule has 0 aromatic carbocycles. The zero-order chi connectivity index (χ0) is 10.2. The number of aryl methyl sites for hydroxylation is 1. The highest BCUT2D eigenvalue weighted by atomic mass is 19.4. The van der Waals surface area contributed by atoms with Crippen molar-refractivity contribution in [2.24, 2.45) is 7.05 Å². The summed E-state index contributed by atoms with van der Waals surface area (Å²) >= 11 is 0. The summed E-state index contributed by atoms with van der Waals surface area (Å²) in [7, 11) is 1.27. The molecule has 0 radical (unpaired) electrons. The highest BCUT2D eigenvalue weighted by Crippen LogP contribution is 2.34. The Morgan fingerprint density at radius 3 is 2.31 bits per heavy atom. The van der Waals surface area contributed by atoms with Crippen molar-refractivity contribution in [1.29, 1.82) is 0 Å². The van der Waals surface area contributed by atoms with Crippen LogP contribution in [0.15, 0.2) is 0 Å². The summed E-state index contributed by atoms with van der Waals surface area (Å²) in [6, 6.07) is 0. The molecule has 74 valence electrons. The molecule has 1 N–H and O–H groups in total. The largest absolute Gasteiger partial charge is 0.493 e. The number of hydrogen-bond donors (Lipinski definition) is 1. The fourth-order valence-corrected chi connectivity index (χ4v) is 1.11. The Bertz CT molecular complexity index is 316. The first kappa shape index (κ1) is 9.88. The van der Waals surface area contributed by atoms with Crippen LogP contribution in [0.2, 0.25) is 0 Å². The van der Waals surface area contributed by atoms with Gasteiger partial charge in [0.05, 0.1) is 0 Å². The monoisotopic (exact) mass is 194 g/mol. The average Bonchev–Trinajstić information content (AvgIpc) is 2.28. The minimum Gasteiger partial charge on any atom is -0.493 e. The van der Waals surface area contributed by atoms with E-state index in [1.54, 1.807) is 0 Å². The van der Waals surface area contributed by atoms with Gasteiger partial charge in [0.15, 0.2) is 5.69 Å². The lowest BCUT2D eigenvalue weighted by atomic mass is 10.2. The highest BCUT2D eigenvalue weighted by Gasteiger charge is 2.38. The fraction of sp³-hybridized carbons (Fsp3) is 0.571. The molecule has 0 atom stereocenters. The topological polar surface area (TPSA) is 38.0 Å². The van der Waals surface area contributed by atoms with Gasteiger partial charge >= 0.3 is 6.18 Å². The number of aromatic hydroxyl groups is 1. The van der Waals surface area contributed by atoms with Crippen molar-refractivity contribution in [2.45, 2.75) is 19.5 Å². The summed E-state index contributed by atoms with van der Waals surface area (Å²) in [5.41, 5.74) is -1.16. The lowest BCUT2D eigenvalue weighted by Gasteiger charge is -2.03. The van der Waals surface area contributed by atoms with Gasteiger partial charge in [-0.25, -0.2) is 4.68 Å². The number of halogens is 3. The number of rotatable bonds is 1. The summed E-state index contributed by atoms with van der Waals surface area (Å²) in [5.74, 6) is -0.421. The Hall–Kier alpha value is -1.20. The van der Waals surface area contributed by atoms with E-state index < -0.39 is 17.8 Å². The predicted molar refractivity (Wildman–Crippen MR) is 39.3 cm³/mol. The quantitative estimate of drug-likeness (QED) is 0.738. The van der Waals surface area contributed by atoms with E-state index in [0.717, 1.165) is 4.68 Å². The van der Waals surface area contributed by atoms with E-state index >= 15 is 0 Å². The third-order valence-electron chi connectivity index (χ3n) is 1.73. The number of nitrogens with zero attached hydrogens (tertiary/aromatic N) is 2. The molecule has 0 unspecified atom stereocenters. The smallest absolute Gasteiger partial charge is 0.435 e. The third-order valence-corrected chi connectivity index (χ3v) is 1.73. The SMILES string of the molecule is CCc1c(C(F)(F)F)nn(C)c1O. The highest BCUT2D eigenvalue weighted by molar-refractivity contribution is 5.32. The van der Waals surface area contributed by atoms with Crippen LogP contribution < -0.4 is 0 Å². The molecule has 6 heteroatoms. The first-order chi connectivity index (χ1) is 5.88. The van der Waals surface area contributed by atoms with E-state index in [-0.39, 0.29) is 12.0 Å². The molecule has 0 aliphatic rings. The summed E-state index contributed by atoms with van der Waals surface area (Å²) in [4.78, 5) is 0. The van der Waals surface area contributed by atoms with Gasteiger partial charge in [-0.15, -0.1) is 0 Å². The molecule has 0 amide bonds. The van der Waals surface area contributed by atoms with Crippen LogP contribution in [0.1, 0.15) is 18.2 Å². The Kier molecular flexibility index (Phi) is 2.23. The molecule has 0 aliphatic heterocycles. The van der Waals surface area contributed by atoms with Gasteiger partial charge in [-0.3, -0.25) is 0 Å². The van der Waals surface area contributed by atoms with Crippen molar-refractivity contribution in [3.8, 4) is 5.88 Å². The number of alkyl halides is 3. The van der Waals surface area contributed by atoms with Gasteiger partial charge in [-0.1, -0.05) is 6.92 Å². The van der Waals surface area contributed by atoms with Crippen LogP contribution in [-0.4, -0.2) is 14.9 Å². The van der Waals surface area contributed by atoms with Gasteiger partial charge < -0.3 is 5.11 Å². The van der Waals surface area contributed by atoms with Gasteiger partial charge in [0.25, 0.3) is 0 Å². The molecule has 1 rings (SSSR count). The molecule has 0 bridgehead atoms. The Labute approximate surface area is 72.8 Å². The van der Waals surface area contributed by atoms with Crippen molar-refractivity contribution in [3.05, 3.63) is 11.3 Å². The van der Waals surface area contributed by atoms with Gasteiger partial charge in [-0.2, -0.15) is 18.3 Å². The van der Waals surface area contributed by atoms with Crippen LogP contribution in [0.3, 0.4) is 0 Å². The summed E-state index contributed by atoms with van der Waals surface area (Å²) in [5, 5.41) is 12.4. The second kappa shape index (κ2) is 2.93. The van der Waals surface area contributed by atoms with Crippen molar-refractivity contribution >= 4 is 0 Å². The molecular weight excluding hydrogens is 185 g/mol. The molecule has 13 heavy (non-hydrogen) atoms. The van der Waals surface area contributed by atoms with Crippen LogP contribution >= 0.6 is 0 Å². The van der Waals surface area contributed by atoms with E-state index in [1.807, 2.05) is 0 Å². The first-order valence-corrected chi connectivity index (χ1v) is 3.70. The molecule has 3 nitrogen and oxygen atoms in total. The summed E-state index contributed by atoms with van der Waals surface area (Å²) < 4.78 is 37.5. The van der Waals surface area contributed by atoms with Crippen molar-refractivity contribution in [2.75, 3.05) is 0 Å². The second-order valence-corrected chi connectivity index (χ2v) is 2.63. The third kappa shape index (κ3) is 1.61. The predicted octanol–water partition coefficient (Wildman–Crippen LogP) is 1.71. The number of hydrogen-bond acceptors (Lipinski definition) is 2. The minimum atomic E-state index is -4.50. The Balaban J connectivity index is 3.30. The minimum absolute atomic E-state index is 0.106. The Morgan fingerprint density at radius 1 is 1.46 bits per heavy atom. The number of aromatic nitrogens is 2. The fourth-order valence-electron chi connectivity index (χ4n) is 1.11. The van der Waals surface area contributed by atoms with Crippen LogP contribution in [0, 0.1) is 0 Å². The van der Waals surface area contributed by atoms with Gasteiger partial charge in [0.2, 0.25) is 5.88 Å². The van der Waals surface area contributed by atoms with E-state index in [2.05, 4.69) is 5.10 Å². The van der Waals surface area contributed by atoms with Gasteiger partial charge in [0.1, 0.15) is 0 Å². The molecule has 1 aromatic rings. The van der Waals surface area contributed by atoms with Crippen molar-refractivity contribution < 1.29 is 18.3 Å². The van der Waals surface area contributed by atoms with Crippen LogP contribution in [0.5, 0.6) is 5.88 Å². The van der Waals surface area contributed by atoms with E-state index in [1.165, 1.54) is 14.0 Å². The van der Waals surface area contributed by atoms with Crippen molar-refractivity contribution in [3.63, 3.8) is 0 Å². The molecule has 0 aliphatic carbocycles. The lowest BCUT2D eigenvalue weighted by Crippen LogP contribution is -2.09.